The molecule has 21 heavy (non-hydrogen) atoms. The second-order valence-corrected chi connectivity index (χ2v) is 8.59. The predicted molar refractivity (Wildman–Crippen MR) is 92.0 cm³/mol. The molecule has 0 saturated carbocycles. The van der Waals surface area contributed by atoms with Crippen LogP contribution in [0.2, 0.25) is 0 Å². The monoisotopic (exact) mass is 309 g/mol. The molecule has 4 heteroatoms. The van der Waals surface area contributed by atoms with Crippen LogP contribution < -0.4 is 5.32 Å². The molecular weight excluding hydrogens is 278 g/mol. The number of hydrogen-bond acceptors (Lipinski definition) is 4. The third kappa shape index (κ3) is 5.68. The SMILES string of the molecule is CC(CNCc1cnc(C(C)(C)C)s1)CN1CCCCC1. The molecule has 1 atom stereocenters. The molecule has 0 amide bonds. The van der Waals surface area contributed by atoms with Gasteiger partial charge in [-0.2, -0.15) is 0 Å². The summed E-state index contributed by atoms with van der Waals surface area (Å²) in [6.07, 6.45) is 6.23. The molecule has 0 bridgehead atoms. The normalized spacial score (nSPS) is 18.9. The zero-order valence-electron chi connectivity index (χ0n) is 14.1. The number of nitrogens with zero attached hydrogens (tertiary/aromatic N) is 2. The van der Waals surface area contributed by atoms with E-state index in [1.54, 1.807) is 0 Å². The molecule has 120 valence electrons. The highest BCUT2D eigenvalue weighted by atomic mass is 32.1. The summed E-state index contributed by atoms with van der Waals surface area (Å²) in [5.41, 5.74) is 0.171. The fourth-order valence-electron chi connectivity index (χ4n) is 2.83. The zero-order chi connectivity index (χ0) is 15.3. The Labute approximate surface area is 134 Å². The van der Waals surface area contributed by atoms with E-state index in [2.05, 4.69) is 42.9 Å². The number of aromatic nitrogens is 1. The lowest BCUT2D eigenvalue weighted by Gasteiger charge is -2.29. The first-order valence-corrected chi connectivity index (χ1v) is 9.15. The average Bonchev–Trinajstić information content (AvgIpc) is 2.88. The molecule has 0 aliphatic carbocycles. The number of nitrogens with one attached hydrogen (secondary N) is 1. The summed E-state index contributed by atoms with van der Waals surface area (Å²) in [5.74, 6) is 0.720. The van der Waals surface area contributed by atoms with E-state index in [9.17, 15) is 0 Å². The number of hydrogen-bond donors (Lipinski definition) is 1. The first-order chi connectivity index (χ1) is 9.95. The first kappa shape index (κ1) is 16.9. The van der Waals surface area contributed by atoms with Gasteiger partial charge in [0.1, 0.15) is 0 Å². The van der Waals surface area contributed by atoms with E-state index < -0.39 is 0 Å². The van der Waals surface area contributed by atoms with E-state index >= 15 is 0 Å². The van der Waals surface area contributed by atoms with Crippen molar-refractivity contribution in [2.45, 2.75) is 58.9 Å². The van der Waals surface area contributed by atoms with Gasteiger partial charge in [-0.15, -0.1) is 11.3 Å². The van der Waals surface area contributed by atoms with Crippen molar-refractivity contribution in [1.82, 2.24) is 15.2 Å². The Bertz CT molecular complexity index is 416. The quantitative estimate of drug-likeness (QED) is 0.869. The molecule has 1 aromatic rings. The lowest BCUT2D eigenvalue weighted by Crippen LogP contribution is -2.36. The standard InChI is InChI=1S/C17H31N3S/c1-14(13-20-8-6-5-7-9-20)10-18-11-15-12-19-16(21-15)17(2,3)4/h12,14,18H,5-11,13H2,1-4H3. The van der Waals surface area contributed by atoms with Gasteiger partial charge in [0.2, 0.25) is 0 Å². The van der Waals surface area contributed by atoms with Crippen molar-refractivity contribution in [1.29, 1.82) is 0 Å². The van der Waals surface area contributed by atoms with Gasteiger partial charge in [0.15, 0.2) is 0 Å². The highest BCUT2D eigenvalue weighted by Crippen LogP contribution is 2.26. The number of piperidine rings is 1. The van der Waals surface area contributed by atoms with Gasteiger partial charge < -0.3 is 10.2 Å². The van der Waals surface area contributed by atoms with E-state index in [0.717, 1.165) is 19.0 Å². The van der Waals surface area contributed by atoms with Crippen LogP contribution in [0.4, 0.5) is 0 Å². The van der Waals surface area contributed by atoms with Crippen LogP contribution in [0.15, 0.2) is 6.20 Å². The maximum absolute atomic E-state index is 4.55. The third-order valence-corrected chi connectivity index (χ3v) is 5.43. The van der Waals surface area contributed by atoms with Crippen LogP contribution in [0.1, 0.15) is 56.8 Å². The molecule has 1 aliphatic heterocycles. The Hall–Kier alpha value is -0.450. The Kier molecular flexibility index (Phi) is 6.20. The van der Waals surface area contributed by atoms with Gasteiger partial charge >= 0.3 is 0 Å². The van der Waals surface area contributed by atoms with Gasteiger partial charge in [-0.25, -0.2) is 4.98 Å². The van der Waals surface area contributed by atoms with Gasteiger partial charge in [0.25, 0.3) is 0 Å². The Morgan fingerprint density at radius 3 is 2.62 bits per heavy atom. The summed E-state index contributed by atoms with van der Waals surface area (Å²) in [4.78, 5) is 8.53. The van der Waals surface area contributed by atoms with Gasteiger partial charge in [-0.05, 0) is 38.4 Å². The molecule has 0 aromatic carbocycles. The van der Waals surface area contributed by atoms with Crippen LogP contribution in [-0.4, -0.2) is 36.1 Å². The summed E-state index contributed by atoms with van der Waals surface area (Å²) < 4.78 is 0. The molecular formula is C17H31N3S. The van der Waals surface area contributed by atoms with Crippen LogP contribution >= 0.6 is 11.3 Å². The van der Waals surface area contributed by atoms with Crippen molar-refractivity contribution in [3.8, 4) is 0 Å². The minimum Gasteiger partial charge on any atom is -0.311 e. The minimum absolute atomic E-state index is 0.171. The second kappa shape index (κ2) is 7.70. The summed E-state index contributed by atoms with van der Waals surface area (Å²) in [6.45, 7) is 14.9. The van der Waals surface area contributed by atoms with Crippen LogP contribution in [0.25, 0.3) is 0 Å². The van der Waals surface area contributed by atoms with Crippen LogP contribution in [0, 0.1) is 5.92 Å². The fraction of sp³-hybridized carbons (Fsp3) is 0.824. The van der Waals surface area contributed by atoms with Gasteiger partial charge in [0.05, 0.1) is 5.01 Å². The lowest BCUT2D eigenvalue weighted by atomic mass is 9.98. The first-order valence-electron chi connectivity index (χ1n) is 8.33. The van der Waals surface area contributed by atoms with E-state index in [4.69, 9.17) is 0 Å². The van der Waals surface area contributed by atoms with Crippen molar-refractivity contribution in [2.24, 2.45) is 5.92 Å². The summed E-state index contributed by atoms with van der Waals surface area (Å²) >= 11 is 1.84. The molecule has 1 unspecified atom stereocenters. The van der Waals surface area contributed by atoms with Crippen molar-refractivity contribution >= 4 is 11.3 Å². The molecule has 2 heterocycles. The largest absolute Gasteiger partial charge is 0.311 e. The zero-order valence-corrected chi connectivity index (χ0v) is 14.9. The smallest absolute Gasteiger partial charge is 0.0981 e. The van der Waals surface area contributed by atoms with Crippen LogP contribution in [0.5, 0.6) is 0 Å². The number of likely N-dealkylation sites (tertiary alicyclic amines) is 1. The Morgan fingerprint density at radius 2 is 2.00 bits per heavy atom. The van der Waals surface area contributed by atoms with Gasteiger partial charge in [-0.3, -0.25) is 0 Å². The fourth-order valence-corrected chi connectivity index (χ4v) is 3.76. The van der Waals surface area contributed by atoms with E-state index in [1.165, 1.54) is 48.8 Å². The average molecular weight is 310 g/mol. The molecule has 3 nitrogen and oxygen atoms in total. The molecule has 1 N–H and O–H groups in total. The summed E-state index contributed by atoms with van der Waals surface area (Å²) in [6, 6.07) is 0. The maximum Gasteiger partial charge on any atom is 0.0981 e. The minimum atomic E-state index is 0.171. The second-order valence-electron chi connectivity index (χ2n) is 7.48. The third-order valence-electron chi connectivity index (χ3n) is 4.01. The van der Waals surface area contributed by atoms with E-state index in [1.807, 2.05) is 17.5 Å². The molecule has 0 radical (unpaired) electrons. The molecule has 1 fully saturated rings. The van der Waals surface area contributed by atoms with E-state index in [0.29, 0.717) is 0 Å². The highest BCUT2D eigenvalue weighted by molar-refractivity contribution is 7.11. The summed E-state index contributed by atoms with van der Waals surface area (Å²) in [7, 11) is 0. The molecule has 1 aromatic heterocycles. The van der Waals surface area contributed by atoms with Gasteiger partial charge in [-0.1, -0.05) is 34.1 Å². The van der Waals surface area contributed by atoms with Gasteiger partial charge in [0, 0.05) is 29.6 Å². The number of rotatable bonds is 6. The Balaban J connectivity index is 1.67. The van der Waals surface area contributed by atoms with E-state index in [-0.39, 0.29) is 5.41 Å². The van der Waals surface area contributed by atoms with Crippen molar-refractivity contribution in [2.75, 3.05) is 26.2 Å². The molecule has 0 spiro atoms. The van der Waals surface area contributed by atoms with Crippen molar-refractivity contribution in [3.05, 3.63) is 16.1 Å². The Morgan fingerprint density at radius 1 is 1.29 bits per heavy atom. The van der Waals surface area contributed by atoms with Crippen LogP contribution in [0.3, 0.4) is 0 Å². The maximum atomic E-state index is 4.55. The summed E-state index contributed by atoms with van der Waals surface area (Å²) in [5, 5.41) is 4.84. The topological polar surface area (TPSA) is 28.2 Å². The molecule has 1 aliphatic rings. The van der Waals surface area contributed by atoms with Crippen molar-refractivity contribution in [3.63, 3.8) is 0 Å². The predicted octanol–water partition coefficient (Wildman–Crippen LogP) is 3.65. The van der Waals surface area contributed by atoms with Crippen LogP contribution in [-0.2, 0) is 12.0 Å². The lowest BCUT2D eigenvalue weighted by molar-refractivity contribution is 0.199. The molecule has 2 rings (SSSR count). The number of thiazole rings is 1. The highest BCUT2D eigenvalue weighted by Gasteiger charge is 2.18. The molecule has 1 saturated heterocycles. The van der Waals surface area contributed by atoms with Crippen molar-refractivity contribution < 1.29 is 0 Å².